The van der Waals surface area contributed by atoms with Gasteiger partial charge in [0.2, 0.25) is 0 Å². The van der Waals surface area contributed by atoms with Crippen LogP contribution in [0.25, 0.3) is 5.76 Å². The van der Waals surface area contributed by atoms with E-state index in [1.54, 1.807) is 24.3 Å². The third-order valence-electron chi connectivity index (χ3n) is 4.96. The van der Waals surface area contributed by atoms with Crippen molar-refractivity contribution in [2.75, 3.05) is 0 Å². The first kappa shape index (κ1) is 19.2. The third-order valence-corrected chi connectivity index (χ3v) is 5.49. The van der Waals surface area contributed by atoms with Gasteiger partial charge in [0.25, 0.3) is 11.7 Å². The van der Waals surface area contributed by atoms with Gasteiger partial charge in [0.15, 0.2) is 0 Å². The van der Waals surface area contributed by atoms with E-state index in [-0.39, 0.29) is 17.9 Å². The Bertz CT molecular complexity index is 1080. The van der Waals surface area contributed by atoms with Gasteiger partial charge in [-0.3, -0.25) is 9.59 Å². The van der Waals surface area contributed by atoms with Gasteiger partial charge in [0, 0.05) is 10.0 Å². The molecule has 5 nitrogen and oxygen atoms in total. The number of rotatable bonds is 4. The molecule has 0 aliphatic carbocycles. The molecule has 2 aromatic carbocycles. The van der Waals surface area contributed by atoms with Gasteiger partial charge in [-0.25, -0.2) is 0 Å². The number of aliphatic hydroxyl groups is 1. The number of carbonyl (C=O) groups is 2. The number of hydrogen-bond donors (Lipinski definition) is 1. The summed E-state index contributed by atoms with van der Waals surface area (Å²) in [6.07, 6.45) is 1.52. The van der Waals surface area contributed by atoms with Crippen molar-refractivity contribution < 1.29 is 19.1 Å². The van der Waals surface area contributed by atoms with Gasteiger partial charge in [-0.15, -0.1) is 0 Å². The van der Waals surface area contributed by atoms with Crippen molar-refractivity contribution in [3.63, 3.8) is 0 Å². The second-order valence-corrected chi connectivity index (χ2v) is 7.84. The van der Waals surface area contributed by atoms with Gasteiger partial charge in [-0.1, -0.05) is 57.9 Å². The second kappa shape index (κ2) is 7.72. The van der Waals surface area contributed by atoms with Gasteiger partial charge >= 0.3 is 0 Å². The lowest BCUT2D eigenvalue weighted by atomic mass is 9.95. The van der Waals surface area contributed by atoms with Crippen molar-refractivity contribution in [3.05, 3.63) is 99.4 Å². The summed E-state index contributed by atoms with van der Waals surface area (Å²) in [7, 11) is 0. The third kappa shape index (κ3) is 3.63. The summed E-state index contributed by atoms with van der Waals surface area (Å²) in [5, 5.41) is 11.0. The Labute approximate surface area is 176 Å². The smallest absolute Gasteiger partial charge is 0.296 e. The molecule has 1 atom stereocenters. The minimum Gasteiger partial charge on any atom is -0.507 e. The van der Waals surface area contributed by atoms with E-state index < -0.39 is 17.7 Å². The fourth-order valence-electron chi connectivity index (χ4n) is 3.47. The molecule has 0 spiro atoms. The van der Waals surface area contributed by atoms with E-state index in [0.717, 1.165) is 15.6 Å². The highest BCUT2D eigenvalue weighted by Gasteiger charge is 2.46. The summed E-state index contributed by atoms with van der Waals surface area (Å²) < 4.78 is 6.26. The largest absolute Gasteiger partial charge is 0.507 e. The quantitative estimate of drug-likeness (QED) is 0.345. The van der Waals surface area contributed by atoms with E-state index in [0.29, 0.717) is 11.3 Å². The zero-order chi connectivity index (χ0) is 20.5. The molecule has 146 valence electrons. The molecule has 6 heteroatoms. The lowest BCUT2D eigenvalue weighted by Crippen LogP contribution is -2.29. The molecule has 1 aliphatic rings. The van der Waals surface area contributed by atoms with Crippen LogP contribution in [0.15, 0.2) is 81.4 Å². The van der Waals surface area contributed by atoms with Crippen molar-refractivity contribution >= 4 is 33.4 Å². The molecule has 1 saturated heterocycles. The van der Waals surface area contributed by atoms with E-state index in [1.165, 1.54) is 11.2 Å². The Hall–Kier alpha value is -3.12. The molecule has 3 aromatic rings. The molecule has 0 saturated carbocycles. The van der Waals surface area contributed by atoms with E-state index in [4.69, 9.17) is 4.42 Å². The van der Waals surface area contributed by atoms with Crippen molar-refractivity contribution in [3.8, 4) is 0 Å². The number of nitrogens with zero attached hydrogens (tertiary/aromatic N) is 1. The maximum Gasteiger partial charge on any atom is 0.296 e. The molecule has 0 bridgehead atoms. The molecule has 1 amide bonds. The lowest BCUT2D eigenvalue weighted by molar-refractivity contribution is -0.140. The summed E-state index contributed by atoms with van der Waals surface area (Å²) in [5.74, 6) is -0.993. The first-order valence-corrected chi connectivity index (χ1v) is 9.88. The normalized spacial score (nSPS) is 18.4. The number of likely N-dealkylation sites (tertiary alicyclic amines) is 1. The van der Waals surface area contributed by atoms with Crippen LogP contribution in [0.5, 0.6) is 0 Å². The van der Waals surface area contributed by atoms with Crippen LogP contribution in [0.1, 0.15) is 28.5 Å². The van der Waals surface area contributed by atoms with Crippen LogP contribution in [-0.4, -0.2) is 21.7 Å². The molecule has 1 unspecified atom stereocenters. The number of aliphatic hydroxyl groups excluding tert-OH is 1. The Balaban J connectivity index is 1.86. The molecule has 1 aliphatic heterocycles. The maximum absolute atomic E-state index is 12.9. The zero-order valence-corrected chi connectivity index (χ0v) is 17.2. The van der Waals surface area contributed by atoms with Crippen LogP contribution in [0, 0.1) is 6.92 Å². The Morgan fingerprint density at radius 3 is 2.38 bits per heavy atom. The topological polar surface area (TPSA) is 70.8 Å². The molecule has 0 radical (unpaired) electrons. The summed E-state index contributed by atoms with van der Waals surface area (Å²) >= 11 is 3.41. The minimum atomic E-state index is -0.713. The molecular weight excluding hydrogens is 434 g/mol. The Morgan fingerprint density at radius 2 is 1.76 bits per heavy atom. The van der Waals surface area contributed by atoms with Crippen LogP contribution in [0.4, 0.5) is 0 Å². The molecule has 1 aromatic heterocycles. The summed E-state index contributed by atoms with van der Waals surface area (Å²) in [6, 6.07) is 17.3. The van der Waals surface area contributed by atoms with Gasteiger partial charge < -0.3 is 14.4 Å². The number of ketones is 1. The van der Waals surface area contributed by atoms with Crippen LogP contribution in [-0.2, 0) is 16.1 Å². The number of benzene rings is 2. The van der Waals surface area contributed by atoms with Crippen LogP contribution in [0.3, 0.4) is 0 Å². The second-order valence-electron chi connectivity index (χ2n) is 6.92. The predicted octanol–water partition coefficient (Wildman–Crippen LogP) is 4.97. The number of Topliss-reactive ketones (excluding diaryl/α,β-unsaturated/α-hetero) is 1. The van der Waals surface area contributed by atoms with Gasteiger partial charge in [-0.2, -0.15) is 0 Å². The fourth-order valence-corrected chi connectivity index (χ4v) is 3.74. The fraction of sp³-hybridized carbons (Fsp3) is 0.130. The Morgan fingerprint density at radius 1 is 1.07 bits per heavy atom. The number of halogens is 1. The van der Waals surface area contributed by atoms with Crippen molar-refractivity contribution in [1.29, 1.82) is 0 Å². The maximum atomic E-state index is 12.9. The van der Waals surface area contributed by atoms with Crippen molar-refractivity contribution in [1.82, 2.24) is 4.90 Å². The van der Waals surface area contributed by atoms with E-state index in [9.17, 15) is 14.7 Å². The first-order valence-electron chi connectivity index (χ1n) is 9.09. The lowest BCUT2D eigenvalue weighted by Gasteiger charge is -2.24. The Kier molecular flexibility index (Phi) is 5.11. The number of amides is 1. The minimum absolute atomic E-state index is 0.0766. The van der Waals surface area contributed by atoms with Crippen LogP contribution < -0.4 is 0 Å². The molecule has 2 heterocycles. The monoisotopic (exact) mass is 451 g/mol. The predicted molar refractivity (Wildman–Crippen MR) is 112 cm³/mol. The zero-order valence-electron chi connectivity index (χ0n) is 15.6. The van der Waals surface area contributed by atoms with Crippen LogP contribution in [0.2, 0.25) is 0 Å². The number of furan rings is 1. The number of carbonyl (C=O) groups excluding carboxylic acids is 2. The standard InChI is InChI=1S/C23H18BrNO4/c1-14-4-6-16(7-5-14)21(26)19-20(15-8-10-17(24)11-9-15)25(23(28)22(19)27)13-18-3-2-12-29-18/h2-12,20,26H,13H2,1H3. The summed E-state index contributed by atoms with van der Waals surface area (Å²) in [6.45, 7) is 2.07. The van der Waals surface area contributed by atoms with Gasteiger partial charge in [0.05, 0.1) is 24.4 Å². The first-order chi connectivity index (χ1) is 14.0. The van der Waals surface area contributed by atoms with Gasteiger partial charge in [0.1, 0.15) is 11.5 Å². The number of aryl methyl sites for hydroxylation is 1. The van der Waals surface area contributed by atoms with Crippen molar-refractivity contribution in [2.45, 2.75) is 19.5 Å². The molecular formula is C23H18BrNO4. The van der Waals surface area contributed by atoms with E-state index in [2.05, 4.69) is 15.9 Å². The highest BCUT2D eigenvalue weighted by atomic mass is 79.9. The van der Waals surface area contributed by atoms with Crippen molar-refractivity contribution in [2.24, 2.45) is 0 Å². The van der Waals surface area contributed by atoms with E-state index in [1.807, 2.05) is 43.3 Å². The molecule has 1 fully saturated rings. The van der Waals surface area contributed by atoms with Gasteiger partial charge in [-0.05, 0) is 36.8 Å². The molecule has 4 rings (SSSR count). The van der Waals surface area contributed by atoms with Crippen LogP contribution >= 0.6 is 15.9 Å². The number of hydrogen-bond acceptors (Lipinski definition) is 4. The summed E-state index contributed by atoms with van der Waals surface area (Å²) in [4.78, 5) is 27.2. The average Bonchev–Trinajstić information content (AvgIpc) is 3.31. The summed E-state index contributed by atoms with van der Waals surface area (Å²) in [5.41, 5.74) is 2.33. The van der Waals surface area contributed by atoms with E-state index >= 15 is 0 Å². The SMILES string of the molecule is Cc1ccc(C(O)=C2C(=O)C(=O)N(Cc3ccco3)C2c2ccc(Br)cc2)cc1. The molecule has 1 N–H and O–H groups in total. The molecule has 29 heavy (non-hydrogen) atoms. The highest BCUT2D eigenvalue weighted by Crippen LogP contribution is 2.40. The highest BCUT2D eigenvalue weighted by molar-refractivity contribution is 9.10. The average molecular weight is 452 g/mol.